The predicted octanol–water partition coefficient (Wildman–Crippen LogP) is 3.61. The van der Waals surface area contributed by atoms with E-state index in [2.05, 4.69) is 10.3 Å². The third-order valence-electron chi connectivity index (χ3n) is 7.76. The van der Waals surface area contributed by atoms with Gasteiger partial charge in [0.25, 0.3) is 0 Å². The Kier molecular flexibility index (Phi) is 8.77. The van der Waals surface area contributed by atoms with Crippen LogP contribution in [0.2, 0.25) is 5.02 Å². The fourth-order valence-corrected chi connectivity index (χ4v) is 6.60. The molecule has 1 aromatic carbocycles. The second-order valence-corrected chi connectivity index (χ2v) is 12.7. The number of nitrogens with one attached hydrogen (secondary N) is 1. The molecule has 3 aliphatic heterocycles. The fourth-order valence-electron chi connectivity index (χ4n) is 5.75. The molecule has 43 heavy (non-hydrogen) atoms. The Balaban J connectivity index is 1.59. The molecule has 3 aliphatic rings. The van der Waals surface area contributed by atoms with Crippen LogP contribution in [0.5, 0.6) is 0 Å². The van der Waals surface area contributed by atoms with E-state index < -0.39 is 41.4 Å². The number of amides is 2. The van der Waals surface area contributed by atoms with Gasteiger partial charge in [-0.05, 0) is 39.8 Å². The SMILES string of the molecule is CCOC(=O)C1=C(CN2CCN3C(=O)N(C(C)(C)C)C[C@H]3[C@@H]2C(=O)OC)NC(c2nccs2)=N[C@H]1c1ccc(F)cc1Cl. The number of carbonyl (C=O) groups is 3. The van der Waals surface area contributed by atoms with Gasteiger partial charge in [-0.3, -0.25) is 14.7 Å². The van der Waals surface area contributed by atoms with E-state index in [1.807, 2.05) is 25.7 Å². The molecule has 2 saturated heterocycles. The monoisotopic (exact) mass is 632 g/mol. The van der Waals surface area contributed by atoms with Crippen LogP contribution in [-0.2, 0) is 19.1 Å². The number of nitrogens with zero attached hydrogens (tertiary/aromatic N) is 5. The van der Waals surface area contributed by atoms with Crippen molar-refractivity contribution < 1.29 is 28.2 Å². The number of aromatic nitrogens is 1. The van der Waals surface area contributed by atoms with Gasteiger partial charge in [0.05, 0.1) is 25.3 Å². The summed E-state index contributed by atoms with van der Waals surface area (Å²) >= 11 is 7.85. The molecule has 0 radical (unpaired) electrons. The number of hydrogen-bond donors (Lipinski definition) is 1. The summed E-state index contributed by atoms with van der Waals surface area (Å²) in [4.78, 5) is 54.8. The highest BCUT2D eigenvalue weighted by molar-refractivity contribution is 7.11. The fraction of sp³-hybridized carbons (Fsp3) is 0.483. The zero-order chi connectivity index (χ0) is 31.1. The van der Waals surface area contributed by atoms with Crippen molar-refractivity contribution in [2.45, 2.75) is 51.4 Å². The number of carbonyl (C=O) groups excluding carboxylic acids is 3. The van der Waals surface area contributed by atoms with E-state index in [9.17, 15) is 18.8 Å². The second kappa shape index (κ2) is 12.2. The van der Waals surface area contributed by atoms with Gasteiger partial charge in [0.2, 0.25) is 0 Å². The quantitative estimate of drug-likeness (QED) is 0.461. The van der Waals surface area contributed by atoms with Crippen molar-refractivity contribution in [2.24, 2.45) is 4.99 Å². The van der Waals surface area contributed by atoms with Crippen LogP contribution >= 0.6 is 22.9 Å². The summed E-state index contributed by atoms with van der Waals surface area (Å²) in [5, 5.41) is 5.75. The van der Waals surface area contributed by atoms with Gasteiger partial charge in [0, 0.05) is 59.6 Å². The Labute approximate surface area is 258 Å². The minimum absolute atomic E-state index is 0.0989. The van der Waals surface area contributed by atoms with Crippen LogP contribution in [0.15, 0.2) is 46.0 Å². The van der Waals surface area contributed by atoms with Crippen molar-refractivity contribution in [2.75, 3.05) is 39.9 Å². The average molecular weight is 633 g/mol. The molecule has 14 heteroatoms. The van der Waals surface area contributed by atoms with E-state index in [4.69, 9.17) is 26.1 Å². The highest BCUT2D eigenvalue weighted by atomic mass is 35.5. The van der Waals surface area contributed by atoms with Gasteiger partial charge in [-0.1, -0.05) is 17.7 Å². The first-order chi connectivity index (χ1) is 20.4. The number of piperazine rings is 1. The number of esters is 2. The molecule has 2 fully saturated rings. The number of rotatable bonds is 7. The largest absolute Gasteiger partial charge is 0.468 e. The van der Waals surface area contributed by atoms with Crippen LogP contribution < -0.4 is 5.32 Å². The van der Waals surface area contributed by atoms with Crippen molar-refractivity contribution in [3.05, 3.63) is 62.5 Å². The summed E-state index contributed by atoms with van der Waals surface area (Å²) in [7, 11) is 1.32. The summed E-state index contributed by atoms with van der Waals surface area (Å²) in [6, 6.07) is 1.59. The van der Waals surface area contributed by atoms with E-state index >= 15 is 0 Å². The lowest BCUT2D eigenvalue weighted by molar-refractivity contribution is -0.150. The molecule has 0 aliphatic carbocycles. The zero-order valence-electron chi connectivity index (χ0n) is 24.6. The molecule has 1 aromatic heterocycles. The first-order valence-electron chi connectivity index (χ1n) is 13.9. The molecule has 0 spiro atoms. The first kappa shape index (κ1) is 30.9. The van der Waals surface area contributed by atoms with Crippen molar-refractivity contribution in [3.8, 4) is 0 Å². The number of amidine groups is 1. The van der Waals surface area contributed by atoms with Crippen LogP contribution in [0.3, 0.4) is 0 Å². The topological polar surface area (TPSA) is 117 Å². The third-order valence-corrected chi connectivity index (χ3v) is 8.87. The summed E-state index contributed by atoms with van der Waals surface area (Å²) in [6.07, 6.45) is 1.64. The molecule has 230 valence electrons. The Hall–Kier alpha value is -3.55. The van der Waals surface area contributed by atoms with Crippen LogP contribution in [0.25, 0.3) is 0 Å². The first-order valence-corrected chi connectivity index (χ1v) is 15.2. The van der Waals surface area contributed by atoms with Gasteiger partial charge in [-0.2, -0.15) is 0 Å². The van der Waals surface area contributed by atoms with Gasteiger partial charge in [0.15, 0.2) is 10.8 Å². The molecule has 1 N–H and O–H groups in total. The van der Waals surface area contributed by atoms with Gasteiger partial charge in [-0.25, -0.2) is 19.0 Å². The summed E-state index contributed by atoms with van der Waals surface area (Å²) in [6.45, 7) is 8.84. The number of halogens is 2. The maximum Gasteiger partial charge on any atom is 0.338 e. The molecule has 2 amide bonds. The minimum Gasteiger partial charge on any atom is -0.468 e. The molecule has 5 rings (SSSR count). The van der Waals surface area contributed by atoms with Gasteiger partial charge in [-0.15, -0.1) is 11.3 Å². The Morgan fingerprint density at radius 1 is 1.26 bits per heavy atom. The zero-order valence-corrected chi connectivity index (χ0v) is 26.2. The van der Waals surface area contributed by atoms with Crippen LogP contribution in [0.4, 0.5) is 9.18 Å². The van der Waals surface area contributed by atoms with Crippen molar-refractivity contribution in [1.82, 2.24) is 25.0 Å². The number of aliphatic imine (C=N–C) groups is 1. The van der Waals surface area contributed by atoms with Gasteiger partial charge < -0.3 is 24.6 Å². The minimum atomic E-state index is -0.940. The van der Waals surface area contributed by atoms with Crippen molar-refractivity contribution in [1.29, 1.82) is 0 Å². The lowest BCUT2D eigenvalue weighted by Crippen LogP contribution is -2.62. The standard InChI is InChI=1S/C29H34ClFN6O5S/c1-6-42-26(38)21-19(33-24(25-32-9-12-43-25)34-22(21)17-8-7-16(31)13-18(17)30)14-35-10-11-36-20(23(35)27(39)41-5)15-37(28(36)40)29(2,3)4/h7-9,12-13,20,22-23H,6,10-11,14-15H2,1-5H3,(H,33,34)/t20-,22-,23+/m0/s1. The van der Waals surface area contributed by atoms with Crippen LogP contribution in [-0.4, -0.2) is 101 Å². The van der Waals surface area contributed by atoms with E-state index in [1.165, 1.54) is 36.6 Å². The normalized spacial score (nSPS) is 22.7. The number of fused-ring (bicyclic) bond motifs is 1. The van der Waals surface area contributed by atoms with E-state index in [-0.39, 0.29) is 29.8 Å². The number of hydrogen-bond acceptors (Lipinski definition) is 10. The molecular formula is C29H34ClFN6O5S. The highest BCUT2D eigenvalue weighted by Gasteiger charge is 2.52. The molecule has 0 unspecified atom stereocenters. The van der Waals surface area contributed by atoms with Crippen LogP contribution in [0.1, 0.15) is 44.3 Å². The lowest BCUT2D eigenvalue weighted by atomic mass is 9.94. The van der Waals surface area contributed by atoms with Crippen molar-refractivity contribution in [3.63, 3.8) is 0 Å². The van der Waals surface area contributed by atoms with Gasteiger partial charge >= 0.3 is 18.0 Å². The Morgan fingerprint density at radius 3 is 2.65 bits per heavy atom. The Bertz CT molecular complexity index is 1480. The molecule has 0 bridgehead atoms. The molecule has 4 heterocycles. The molecule has 3 atom stereocenters. The lowest BCUT2D eigenvalue weighted by Gasteiger charge is -2.43. The smallest absolute Gasteiger partial charge is 0.338 e. The van der Waals surface area contributed by atoms with Crippen molar-refractivity contribution >= 4 is 46.7 Å². The second-order valence-electron chi connectivity index (χ2n) is 11.4. The predicted molar refractivity (Wildman–Crippen MR) is 159 cm³/mol. The summed E-state index contributed by atoms with van der Waals surface area (Å²) in [5.74, 6) is -1.24. The number of methoxy groups -OCH3 is 1. The maximum atomic E-state index is 14.0. The Morgan fingerprint density at radius 2 is 2.02 bits per heavy atom. The maximum absolute atomic E-state index is 14.0. The van der Waals surface area contributed by atoms with Gasteiger partial charge in [0.1, 0.15) is 17.9 Å². The molecule has 11 nitrogen and oxygen atoms in total. The summed E-state index contributed by atoms with van der Waals surface area (Å²) < 4.78 is 24.7. The van der Waals surface area contributed by atoms with E-state index in [1.54, 1.807) is 28.3 Å². The number of ether oxygens (including phenoxy) is 2. The molecule has 0 saturated carbocycles. The van der Waals surface area contributed by atoms with E-state index in [0.29, 0.717) is 41.7 Å². The summed E-state index contributed by atoms with van der Waals surface area (Å²) in [5.41, 5.74) is 0.588. The highest BCUT2D eigenvalue weighted by Crippen LogP contribution is 2.38. The molecule has 2 aromatic rings. The average Bonchev–Trinajstić information content (AvgIpc) is 3.61. The third kappa shape index (κ3) is 5.98. The number of urea groups is 1. The number of thiazole rings is 1. The number of benzene rings is 1. The van der Waals surface area contributed by atoms with E-state index in [0.717, 1.165) is 0 Å². The van der Waals surface area contributed by atoms with Crippen LogP contribution in [0, 0.1) is 5.82 Å². The molecular weight excluding hydrogens is 599 g/mol.